The van der Waals surface area contributed by atoms with Crippen molar-refractivity contribution in [3.8, 4) is 0 Å². The molecule has 0 aliphatic rings. The van der Waals surface area contributed by atoms with E-state index in [4.69, 9.17) is 28.3 Å². The number of thiazole rings is 1. The monoisotopic (exact) mass is 365 g/mol. The average molecular weight is 366 g/mol. The van der Waals surface area contributed by atoms with Crippen LogP contribution in [0.1, 0.15) is 21.1 Å². The summed E-state index contributed by atoms with van der Waals surface area (Å²) in [5, 5.41) is 10.9. The summed E-state index contributed by atoms with van der Waals surface area (Å²) in [5.41, 5.74) is -0.0331. The molecule has 21 heavy (non-hydrogen) atoms. The van der Waals surface area contributed by atoms with Crippen LogP contribution in [-0.2, 0) is 15.6 Å². The average Bonchev–Trinajstić information content (AvgIpc) is 2.72. The predicted octanol–water partition coefficient (Wildman–Crippen LogP) is 3.43. The van der Waals surface area contributed by atoms with Gasteiger partial charge < -0.3 is 5.11 Å². The first kappa shape index (κ1) is 16.2. The Hall–Kier alpha value is -1.15. The third-order valence-corrected chi connectivity index (χ3v) is 5.94. The summed E-state index contributed by atoms with van der Waals surface area (Å²) in [7, 11) is -3.81. The number of carboxylic acid groups (broad SMARTS) is 1. The van der Waals surface area contributed by atoms with E-state index in [0.717, 1.165) is 5.01 Å². The van der Waals surface area contributed by atoms with Crippen LogP contribution in [-0.4, -0.2) is 24.5 Å². The highest BCUT2D eigenvalue weighted by Gasteiger charge is 2.25. The lowest BCUT2D eigenvalue weighted by Crippen LogP contribution is -2.09. The van der Waals surface area contributed by atoms with Gasteiger partial charge in [0.05, 0.1) is 37.0 Å². The molecule has 1 aromatic heterocycles. The van der Waals surface area contributed by atoms with E-state index in [-0.39, 0.29) is 20.7 Å². The number of hydrogen-bond donors (Lipinski definition) is 1. The fourth-order valence-corrected chi connectivity index (χ4v) is 4.66. The van der Waals surface area contributed by atoms with Crippen LogP contribution in [0.2, 0.25) is 10.0 Å². The minimum Gasteiger partial charge on any atom is -0.478 e. The van der Waals surface area contributed by atoms with Gasteiger partial charge in [-0.3, -0.25) is 0 Å². The molecule has 0 saturated carbocycles. The van der Waals surface area contributed by atoms with Crippen molar-refractivity contribution in [1.29, 1.82) is 0 Å². The zero-order valence-corrected chi connectivity index (χ0v) is 13.8. The van der Waals surface area contributed by atoms with E-state index in [0.29, 0.717) is 5.69 Å². The molecule has 0 radical (unpaired) electrons. The summed E-state index contributed by atoms with van der Waals surface area (Å²) in [4.78, 5) is 14.9. The fraction of sp³-hybridized carbons (Fsp3) is 0.167. The van der Waals surface area contributed by atoms with E-state index >= 15 is 0 Å². The van der Waals surface area contributed by atoms with Gasteiger partial charge >= 0.3 is 5.97 Å². The molecule has 0 unspecified atom stereocenters. The van der Waals surface area contributed by atoms with E-state index in [2.05, 4.69) is 4.98 Å². The van der Waals surface area contributed by atoms with Crippen molar-refractivity contribution in [3.63, 3.8) is 0 Å². The number of aromatic carboxylic acids is 1. The van der Waals surface area contributed by atoms with E-state index in [9.17, 15) is 13.2 Å². The summed E-state index contributed by atoms with van der Waals surface area (Å²) in [5.74, 6) is -1.73. The Bertz CT molecular complexity index is 815. The van der Waals surface area contributed by atoms with Crippen molar-refractivity contribution in [1.82, 2.24) is 4.98 Å². The van der Waals surface area contributed by atoms with Crippen LogP contribution in [0.15, 0.2) is 22.4 Å². The summed E-state index contributed by atoms with van der Waals surface area (Å²) < 4.78 is 24.7. The number of hydrogen-bond acceptors (Lipinski definition) is 5. The molecule has 0 fully saturated rings. The number of aromatic nitrogens is 1. The molecule has 0 spiro atoms. The van der Waals surface area contributed by atoms with Gasteiger partial charge in [0.2, 0.25) is 0 Å². The highest BCUT2D eigenvalue weighted by atomic mass is 35.5. The molecule has 0 saturated heterocycles. The summed E-state index contributed by atoms with van der Waals surface area (Å²) in [6.45, 7) is 1.76. The normalized spacial score (nSPS) is 11.6. The van der Waals surface area contributed by atoms with Gasteiger partial charge in [0.1, 0.15) is 0 Å². The van der Waals surface area contributed by atoms with Gasteiger partial charge in [0, 0.05) is 5.38 Å². The number of halogens is 2. The largest absolute Gasteiger partial charge is 0.478 e. The van der Waals surface area contributed by atoms with E-state index in [1.807, 2.05) is 0 Å². The van der Waals surface area contributed by atoms with Gasteiger partial charge in [-0.25, -0.2) is 18.2 Å². The van der Waals surface area contributed by atoms with Crippen molar-refractivity contribution in [2.24, 2.45) is 0 Å². The summed E-state index contributed by atoms with van der Waals surface area (Å²) in [6.07, 6.45) is 0. The smallest absolute Gasteiger partial charge is 0.338 e. The SMILES string of the molecule is Cc1nc(CS(=O)(=O)c2ccc(Cl)c(C(=O)O)c2Cl)cs1. The molecule has 0 bridgehead atoms. The first-order chi connectivity index (χ1) is 9.72. The Morgan fingerprint density at radius 3 is 2.57 bits per heavy atom. The summed E-state index contributed by atoms with van der Waals surface area (Å²) >= 11 is 13.0. The number of carboxylic acids is 1. The van der Waals surface area contributed by atoms with Gasteiger partial charge in [-0.15, -0.1) is 11.3 Å². The standard InChI is InChI=1S/C12H9Cl2NO4S2/c1-6-15-7(4-20-6)5-21(18,19)9-3-2-8(13)10(11(9)14)12(16)17/h2-4H,5H2,1H3,(H,16,17). The molecular weight excluding hydrogens is 357 g/mol. The molecule has 2 rings (SSSR count). The van der Waals surface area contributed by atoms with Crippen LogP contribution < -0.4 is 0 Å². The lowest BCUT2D eigenvalue weighted by atomic mass is 10.2. The number of rotatable bonds is 4. The molecular formula is C12H9Cl2NO4S2. The lowest BCUT2D eigenvalue weighted by molar-refractivity contribution is 0.0697. The Balaban J connectivity index is 2.50. The molecule has 0 aliphatic carbocycles. The zero-order chi connectivity index (χ0) is 15.8. The number of carbonyl (C=O) groups is 1. The minimum absolute atomic E-state index is 0.115. The van der Waals surface area contributed by atoms with Gasteiger partial charge in [-0.05, 0) is 19.1 Å². The first-order valence-corrected chi connectivity index (χ1v) is 8.86. The molecule has 0 amide bonds. The predicted molar refractivity (Wildman–Crippen MR) is 81.2 cm³/mol. The van der Waals surface area contributed by atoms with Crippen LogP contribution in [0.25, 0.3) is 0 Å². The highest BCUT2D eigenvalue weighted by molar-refractivity contribution is 7.90. The molecule has 112 valence electrons. The van der Waals surface area contributed by atoms with Gasteiger partial charge in [0.25, 0.3) is 0 Å². The molecule has 0 atom stereocenters. The number of nitrogens with zero attached hydrogens (tertiary/aromatic N) is 1. The van der Waals surface area contributed by atoms with Crippen molar-refractivity contribution in [3.05, 3.63) is 43.8 Å². The van der Waals surface area contributed by atoms with Crippen molar-refractivity contribution < 1.29 is 18.3 Å². The van der Waals surface area contributed by atoms with Crippen molar-refractivity contribution in [2.45, 2.75) is 17.6 Å². The third kappa shape index (κ3) is 3.37. The maximum atomic E-state index is 12.4. The molecule has 5 nitrogen and oxygen atoms in total. The molecule has 1 aromatic carbocycles. The number of sulfone groups is 1. The van der Waals surface area contributed by atoms with E-state index in [1.54, 1.807) is 12.3 Å². The van der Waals surface area contributed by atoms with Crippen LogP contribution in [0.4, 0.5) is 0 Å². The lowest BCUT2D eigenvalue weighted by Gasteiger charge is -2.09. The van der Waals surface area contributed by atoms with E-state index in [1.165, 1.54) is 23.5 Å². The second-order valence-electron chi connectivity index (χ2n) is 4.16. The zero-order valence-electron chi connectivity index (χ0n) is 10.6. The molecule has 1 N–H and O–H groups in total. The first-order valence-electron chi connectivity index (χ1n) is 5.57. The van der Waals surface area contributed by atoms with Crippen molar-refractivity contribution >= 4 is 50.3 Å². The van der Waals surface area contributed by atoms with Gasteiger partial charge in [-0.2, -0.15) is 0 Å². The maximum Gasteiger partial charge on any atom is 0.338 e. The molecule has 0 aliphatic heterocycles. The number of benzene rings is 1. The van der Waals surface area contributed by atoms with Gasteiger partial charge in [-0.1, -0.05) is 23.2 Å². The Morgan fingerprint density at radius 2 is 2.05 bits per heavy atom. The second kappa shape index (κ2) is 5.92. The maximum absolute atomic E-state index is 12.4. The van der Waals surface area contributed by atoms with Crippen LogP contribution in [0.3, 0.4) is 0 Å². The van der Waals surface area contributed by atoms with Crippen LogP contribution in [0, 0.1) is 6.92 Å². The fourth-order valence-electron chi connectivity index (χ4n) is 1.72. The number of aryl methyl sites for hydroxylation is 1. The second-order valence-corrected chi connectivity index (χ2v) is 7.96. The minimum atomic E-state index is -3.81. The van der Waals surface area contributed by atoms with Crippen LogP contribution in [0.5, 0.6) is 0 Å². The summed E-state index contributed by atoms with van der Waals surface area (Å²) in [6, 6.07) is 2.40. The topological polar surface area (TPSA) is 84.3 Å². The molecule has 2 aromatic rings. The van der Waals surface area contributed by atoms with Crippen LogP contribution >= 0.6 is 34.5 Å². The quantitative estimate of drug-likeness (QED) is 0.896. The van der Waals surface area contributed by atoms with Gasteiger partial charge in [0.15, 0.2) is 9.84 Å². The van der Waals surface area contributed by atoms with E-state index < -0.39 is 21.4 Å². The Kier molecular flexibility index (Phi) is 4.57. The third-order valence-electron chi connectivity index (χ3n) is 2.61. The van der Waals surface area contributed by atoms with Crippen molar-refractivity contribution in [2.75, 3.05) is 0 Å². The molecule has 1 heterocycles. The Labute approximate surface area is 135 Å². The Morgan fingerprint density at radius 1 is 1.38 bits per heavy atom. The molecule has 9 heteroatoms. The highest BCUT2D eigenvalue weighted by Crippen LogP contribution is 2.32.